The Morgan fingerprint density at radius 3 is 2.69 bits per heavy atom. The van der Waals surface area contributed by atoms with Crippen LogP contribution in [0.3, 0.4) is 0 Å². The van der Waals surface area contributed by atoms with Gasteiger partial charge in [0, 0.05) is 18.4 Å². The fourth-order valence-corrected chi connectivity index (χ4v) is 2.40. The average molecular weight is 339 g/mol. The molecule has 2 nitrogen and oxygen atoms in total. The Balaban J connectivity index is 2.29. The SMILES string of the molecule is ClCC(I)C(CCl)OC1CCOC1. The van der Waals surface area contributed by atoms with Crippen LogP contribution < -0.4 is 0 Å². The van der Waals surface area contributed by atoms with E-state index < -0.39 is 0 Å². The molecule has 1 saturated heterocycles. The minimum atomic E-state index is 0.0477. The maximum absolute atomic E-state index is 5.79. The van der Waals surface area contributed by atoms with Crippen LogP contribution in [0.1, 0.15) is 6.42 Å². The van der Waals surface area contributed by atoms with Gasteiger partial charge in [0.1, 0.15) is 0 Å². The third-order valence-electron chi connectivity index (χ3n) is 1.96. The van der Waals surface area contributed by atoms with Crippen LogP contribution in [0.25, 0.3) is 0 Å². The van der Waals surface area contributed by atoms with Gasteiger partial charge in [0.05, 0.1) is 22.7 Å². The molecule has 0 aliphatic carbocycles. The summed E-state index contributed by atoms with van der Waals surface area (Å²) < 4.78 is 11.3. The van der Waals surface area contributed by atoms with Gasteiger partial charge in [-0.05, 0) is 6.42 Å². The summed E-state index contributed by atoms with van der Waals surface area (Å²) >= 11 is 13.8. The second kappa shape index (κ2) is 6.67. The summed E-state index contributed by atoms with van der Waals surface area (Å²) in [6, 6.07) is 0. The first kappa shape index (κ1) is 12.3. The molecule has 1 rings (SSSR count). The van der Waals surface area contributed by atoms with Gasteiger partial charge in [-0.3, -0.25) is 0 Å². The number of halogens is 3. The molecule has 0 bridgehead atoms. The standard InChI is InChI=1S/C8H13Cl2IO2/c9-3-7(11)8(4-10)13-6-1-2-12-5-6/h6-8H,1-5H2. The summed E-state index contributed by atoms with van der Waals surface area (Å²) in [5.74, 6) is 1.07. The minimum absolute atomic E-state index is 0.0477. The van der Waals surface area contributed by atoms with Gasteiger partial charge in [-0.2, -0.15) is 0 Å². The summed E-state index contributed by atoms with van der Waals surface area (Å²) in [6.07, 6.45) is 1.23. The zero-order chi connectivity index (χ0) is 9.68. The maximum atomic E-state index is 5.79. The van der Waals surface area contributed by atoms with Gasteiger partial charge in [0.25, 0.3) is 0 Å². The van der Waals surface area contributed by atoms with Gasteiger partial charge < -0.3 is 9.47 Å². The number of alkyl halides is 3. The van der Waals surface area contributed by atoms with Crippen LogP contribution in [-0.4, -0.2) is 41.1 Å². The summed E-state index contributed by atoms with van der Waals surface area (Å²) in [5.41, 5.74) is 0. The second-order valence-corrected chi connectivity index (χ2v) is 5.20. The van der Waals surface area contributed by atoms with E-state index in [2.05, 4.69) is 22.6 Å². The van der Waals surface area contributed by atoms with Crippen molar-refractivity contribution in [3.63, 3.8) is 0 Å². The predicted molar refractivity (Wildman–Crippen MR) is 63.3 cm³/mol. The zero-order valence-electron chi connectivity index (χ0n) is 7.22. The highest BCUT2D eigenvalue weighted by atomic mass is 127. The molecule has 1 fully saturated rings. The highest BCUT2D eigenvalue weighted by Crippen LogP contribution is 2.18. The van der Waals surface area contributed by atoms with Crippen molar-refractivity contribution in [2.45, 2.75) is 22.6 Å². The fourth-order valence-electron chi connectivity index (χ4n) is 1.19. The molecule has 1 aliphatic rings. The zero-order valence-corrected chi connectivity index (χ0v) is 10.9. The number of ether oxygens (including phenoxy) is 2. The number of hydrogen-bond acceptors (Lipinski definition) is 2. The largest absolute Gasteiger partial charge is 0.379 e. The molecule has 1 heterocycles. The van der Waals surface area contributed by atoms with Gasteiger partial charge in [-0.15, -0.1) is 23.2 Å². The first-order chi connectivity index (χ1) is 6.27. The van der Waals surface area contributed by atoms with Crippen molar-refractivity contribution >= 4 is 45.8 Å². The highest BCUT2D eigenvalue weighted by molar-refractivity contribution is 14.1. The highest BCUT2D eigenvalue weighted by Gasteiger charge is 2.24. The molecule has 1 aliphatic heterocycles. The topological polar surface area (TPSA) is 18.5 Å². The normalized spacial score (nSPS) is 27.5. The molecule has 0 aromatic rings. The van der Waals surface area contributed by atoms with Crippen molar-refractivity contribution in [3.05, 3.63) is 0 Å². The second-order valence-electron chi connectivity index (χ2n) is 2.98. The van der Waals surface area contributed by atoms with Crippen molar-refractivity contribution in [1.82, 2.24) is 0 Å². The van der Waals surface area contributed by atoms with Crippen molar-refractivity contribution in [3.8, 4) is 0 Å². The molecule has 0 saturated carbocycles. The van der Waals surface area contributed by atoms with Crippen molar-refractivity contribution in [2.75, 3.05) is 25.0 Å². The van der Waals surface area contributed by atoms with Gasteiger partial charge in [-0.1, -0.05) is 22.6 Å². The lowest BCUT2D eigenvalue weighted by atomic mass is 10.2. The number of hydrogen-bond donors (Lipinski definition) is 0. The fraction of sp³-hybridized carbons (Fsp3) is 1.00. The molecule has 0 aromatic heterocycles. The van der Waals surface area contributed by atoms with Crippen LogP contribution in [0.15, 0.2) is 0 Å². The van der Waals surface area contributed by atoms with E-state index in [0.29, 0.717) is 18.4 Å². The molecule has 78 valence electrons. The van der Waals surface area contributed by atoms with Crippen LogP contribution in [0.2, 0.25) is 0 Å². The molecule has 0 amide bonds. The van der Waals surface area contributed by atoms with Gasteiger partial charge in [-0.25, -0.2) is 0 Å². The quantitative estimate of drug-likeness (QED) is 0.566. The van der Waals surface area contributed by atoms with Crippen LogP contribution in [0.5, 0.6) is 0 Å². The van der Waals surface area contributed by atoms with E-state index in [1.54, 1.807) is 0 Å². The Labute approximate surface area is 102 Å². The van der Waals surface area contributed by atoms with Gasteiger partial charge >= 0.3 is 0 Å². The Morgan fingerprint density at radius 2 is 2.23 bits per heavy atom. The summed E-state index contributed by atoms with van der Waals surface area (Å²) in [5, 5.41) is 0. The smallest absolute Gasteiger partial charge is 0.0844 e. The lowest BCUT2D eigenvalue weighted by Crippen LogP contribution is -2.32. The Bertz CT molecular complexity index is 142. The molecular weight excluding hydrogens is 326 g/mol. The van der Waals surface area contributed by atoms with Gasteiger partial charge in [0.15, 0.2) is 0 Å². The van der Waals surface area contributed by atoms with Crippen LogP contribution >= 0.6 is 45.8 Å². The average Bonchev–Trinajstić information content (AvgIpc) is 2.65. The Morgan fingerprint density at radius 1 is 1.46 bits per heavy atom. The first-order valence-electron chi connectivity index (χ1n) is 4.27. The minimum Gasteiger partial charge on any atom is -0.379 e. The van der Waals surface area contributed by atoms with E-state index in [-0.39, 0.29) is 16.1 Å². The van der Waals surface area contributed by atoms with Crippen molar-refractivity contribution in [2.24, 2.45) is 0 Å². The Kier molecular flexibility index (Phi) is 6.31. The molecular formula is C8H13Cl2IO2. The van der Waals surface area contributed by atoms with Gasteiger partial charge in [0.2, 0.25) is 0 Å². The molecule has 0 spiro atoms. The van der Waals surface area contributed by atoms with Crippen LogP contribution in [0.4, 0.5) is 0 Å². The lowest BCUT2D eigenvalue weighted by Gasteiger charge is -2.22. The molecule has 13 heavy (non-hydrogen) atoms. The van der Waals surface area contributed by atoms with Crippen LogP contribution in [-0.2, 0) is 9.47 Å². The predicted octanol–water partition coefficient (Wildman–Crippen LogP) is 2.44. The van der Waals surface area contributed by atoms with E-state index in [1.807, 2.05) is 0 Å². The third kappa shape index (κ3) is 4.08. The monoisotopic (exact) mass is 338 g/mol. The molecule has 0 N–H and O–H groups in total. The molecule has 0 radical (unpaired) electrons. The molecule has 0 aromatic carbocycles. The summed E-state index contributed by atoms with van der Waals surface area (Å²) in [6.45, 7) is 1.49. The summed E-state index contributed by atoms with van der Waals surface area (Å²) in [4.78, 5) is 0. The van der Waals surface area contributed by atoms with E-state index in [0.717, 1.165) is 13.0 Å². The van der Waals surface area contributed by atoms with E-state index >= 15 is 0 Å². The van der Waals surface area contributed by atoms with Crippen molar-refractivity contribution in [1.29, 1.82) is 0 Å². The van der Waals surface area contributed by atoms with E-state index in [4.69, 9.17) is 32.7 Å². The molecule has 5 heteroatoms. The summed E-state index contributed by atoms with van der Waals surface area (Å²) in [7, 11) is 0. The molecule has 3 atom stereocenters. The third-order valence-corrected chi connectivity index (χ3v) is 4.36. The van der Waals surface area contributed by atoms with Crippen LogP contribution in [0, 0.1) is 0 Å². The lowest BCUT2D eigenvalue weighted by molar-refractivity contribution is -0.00106. The Hall–Kier alpha value is 1.23. The van der Waals surface area contributed by atoms with E-state index in [1.165, 1.54) is 0 Å². The van der Waals surface area contributed by atoms with E-state index in [9.17, 15) is 0 Å². The first-order valence-corrected chi connectivity index (χ1v) is 6.58. The number of rotatable bonds is 5. The maximum Gasteiger partial charge on any atom is 0.0844 e. The molecule has 3 unspecified atom stereocenters. The van der Waals surface area contributed by atoms with Crippen molar-refractivity contribution < 1.29 is 9.47 Å².